The monoisotopic (exact) mass is 222 g/mol. The van der Waals surface area contributed by atoms with Crippen molar-refractivity contribution in [3.05, 3.63) is 34.4 Å². The van der Waals surface area contributed by atoms with Crippen LogP contribution in [0.1, 0.15) is 0 Å². The number of hydrogen-bond acceptors (Lipinski definition) is 3. The SMILES string of the molecule is NCC1C=CC=CC1([N+](=O)[O-])C(F)(F)F. The average Bonchev–Trinajstić information content (AvgIpc) is 2.15. The largest absolute Gasteiger partial charge is 0.465 e. The normalized spacial score (nSPS) is 30.5. The zero-order valence-corrected chi connectivity index (χ0v) is 7.57. The van der Waals surface area contributed by atoms with Crippen LogP contribution in [0.4, 0.5) is 13.2 Å². The molecule has 2 atom stereocenters. The molecule has 4 nitrogen and oxygen atoms in total. The van der Waals surface area contributed by atoms with Gasteiger partial charge in [-0.1, -0.05) is 18.2 Å². The summed E-state index contributed by atoms with van der Waals surface area (Å²) in [5.74, 6) is -1.36. The molecule has 0 fully saturated rings. The van der Waals surface area contributed by atoms with E-state index >= 15 is 0 Å². The maximum atomic E-state index is 12.7. The van der Waals surface area contributed by atoms with Gasteiger partial charge in [-0.05, 0) is 0 Å². The van der Waals surface area contributed by atoms with Gasteiger partial charge in [0.15, 0.2) is 0 Å². The van der Waals surface area contributed by atoms with Crippen molar-refractivity contribution < 1.29 is 18.1 Å². The highest BCUT2D eigenvalue weighted by Gasteiger charge is 2.68. The Morgan fingerprint density at radius 3 is 2.40 bits per heavy atom. The summed E-state index contributed by atoms with van der Waals surface area (Å²) in [4.78, 5) is 9.31. The first kappa shape index (κ1) is 11.7. The van der Waals surface area contributed by atoms with Gasteiger partial charge in [-0.2, -0.15) is 13.2 Å². The third-order valence-electron chi connectivity index (χ3n) is 2.38. The van der Waals surface area contributed by atoms with Crippen molar-refractivity contribution in [2.24, 2.45) is 11.7 Å². The molecule has 0 spiro atoms. The van der Waals surface area contributed by atoms with Crippen LogP contribution in [0.15, 0.2) is 24.3 Å². The van der Waals surface area contributed by atoms with E-state index < -0.39 is 29.1 Å². The molecule has 0 aromatic rings. The smallest absolute Gasteiger partial charge is 0.330 e. The van der Waals surface area contributed by atoms with Crippen LogP contribution in [0.2, 0.25) is 0 Å². The lowest BCUT2D eigenvalue weighted by Crippen LogP contribution is -2.57. The van der Waals surface area contributed by atoms with Gasteiger partial charge < -0.3 is 5.73 Å². The Kier molecular flexibility index (Phi) is 2.85. The predicted octanol–water partition coefficient (Wildman–Crippen LogP) is 1.27. The number of halogens is 3. The van der Waals surface area contributed by atoms with Crippen molar-refractivity contribution in [1.82, 2.24) is 0 Å². The molecule has 1 aliphatic rings. The summed E-state index contributed by atoms with van der Waals surface area (Å²) in [6.45, 7) is -0.429. The van der Waals surface area contributed by atoms with E-state index in [2.05, 4.69) is 0 Å². The van der Waals surface area contributed by atoms with E-state index in [9.17, 15) is 23.3 Å². The van der Waals surface area contributed by atoms with Gasteiger partial charge in [0.05, 0.1) is 5.92 Å². The van der Waals surface area contributed by atoms with Crippen LogP contribution in [0.25, 0.3) is 0 Å². The van der Waals surface area contributed by atoms with Gasteiger partial charge in [-0.15, -0.1) is 0 Å². The van der Waals surface area contributed by atoms with Gasteiger partial charge in [0.25, 0.3) is 0 Å². The fourth-order valence-electron chi connectivity index (χ4n) is 1.53. The molecule has 2 N–H and O–H groups in total. The molecule has 15 heavy (non-hydrogen) atoms. The lowest BCUT2D eigenvalue weighted by atomic mass is 9.80. The van der Waals surface area contributed by atoms with Crippen LogP contribution < -0.4 is 5.73 Å². The Labute approximate surface area is 83.4 Å². The van der Waals surface area contributed by atoms with E-state index in [1.54, 1.807) is 0 Å². The highest BCUT2D eigenvalue weighted by atomic mass is 19.4. The Morgan fingerprint density at radius 2 is 2.07 bits per heavy atom. The first-order valence-corrected chi connectivity index (χ1v) is 4.13. The predicted molar refractivity (Wildman–Crippen MR) is 46.6 cm³/mol. The number of nitrogens with two attached hydrogens (primary N) is 1. The van der Waals surface area contributed by atoms with Gasteiger partial charge in [-0.25, -0.2) is 0 Å². The molecule has 0 aliphatic heterocycles. The van der Waals surface area contributed by atoms with Crippen molar-refractivity contribution in [2.75, 3.05) is 6.54 Å². The average molecular weight is 222 g/mol. The van der Waals surface area contributed by atoms with Crippen molar-refractivity contribution in [3.63, 3.8) is 0 Å². The first-order chi connectivity index (χ1) is 6.86. The number of alkyl halides is 3. The zero-order chi connectivity index (χ0) is 11.7. The molecule has 0 saturated carbocycles. The van der Waals surface area contributed by atoms with E-state index in [0.717, 1.165) is 12.2 Å². The van der Waals surface area contributed by atoms with Crippen LogP contribution in [0.3, 0.4) is 0 Å². The zero-order valence-electron chi connectivity index (χ0n) is 7.57. The Bertz CT molecular complexity index is 324. The van der Waals surface area contributed by atoms with Gasteiger partial charge in [0, 0.05) is 17.5 Å². The summed E-state index contributed by atoms with van der Waals surface area (Å²) >= 11 is 0. The lowest BCUT2D eigenvalue weighted by molar-refractivity contribution is -0.605. The highest BCUT2D eigenvalue weighted by molar-refractivity contribution is 5.24. The molecular weight excluding hydrogens is 213 g/mol. The Balaban J connectivity index is 3.27. The van der Waals surface area contributed by atoms with E-state index in [4.69, 9.17) is 5.73 Å². The molecule has 0 amide bonds. The van der Waals surface area contributed by atoms with E-state index in [1.807, 2.05) is 0 Å². The number of hydrogen-bond donors (Lipinski definition) is 1. The van der Waals surface area contributed by atoms with Crippen molar-refractivity contribution >= 4 is 0 Å². The molecule has 84 valence electrons. The van der Waals surface area contributed by atoms with Crippen LogP contribution in [0.5, 0.6) is 0 Å². The molecule has 0 saturated heterocycles. The summed E-state index contributed by atoms with van der Waals surface area (Å²) in [7, 11) is 0. The van der Waals surface area contributed by atoms with Gasteiger partial charge in [0.1, 0.15) is 0 Å². The third kappa shape index (κ3) is 1.63. The molecule has 2 unspecified atom stereocenters. The topological polar surface area (TPSA) is 69.2 Å². The van der Waals surface area contributed by atoms with E-state index in [-0.39, 0.29) is 0 Å². The number of nitrogens with zero attached hydrogens (tertiary/aromatic N) is 1. The fourth-order valence-corrected chi connectivity index (χ4v) is 1.53. The molecule has 0 radical (unpaired) electrons. The standard InChI is InChI=1S/C8H9F3N2O2/c9-8(10,11)7(13(14)15)4-2-1-3-6(7)5-12/h1-4,6H,5,12H2. The minimum Gasteiger partial charge on any atom is -0.330 e. The quantitative estimate of drug-likeness (QED) is 0.565. The second-order valence-electron chi connectivity index (χ2n) is 3.17. The van der Waals surface area contributed by atoms with Crippen molar-refractivity contribution in [2.45, 2.75) is 11.7 Å². The molecule has 0 aromatic heterocycles. The summed E-state index contributed by atoms with van der Waals surface area (Å²) in [6, 6.07) is 0. The molecule has 0 aromatic carbocycles. The maximum absolute atomic E-state index is 12.7. The number of allylic oxidation sites excluding steroid dienone is 2. The van der Waals surface area contributed by atoms with Crippen LogP contribution >= 0.6 is 0 Å². The molecule has 1 rings (SSSR count). The van der Waals surface area contributed by atoms with E-state index in [1.165, 1.54) is 6.08 Å². The van der Waals surface area contributed by atoms with Crippen LogP contribution in [0, 0.1) is 16.0 Å². The lowest BCUT2D eigenvalue weighted by Gasteiger charge is -2.31. The summed E-state index contributed by atoms with van der Waals surface area (Å²) in [6.07, 6.45) is -0.962. The van der Waals surface area contributed by atoms with Gasteiger partial charge >= 0.3 is 11.7 Å². The van der Waals surface area contributed by atoms with Gasteiger partial charge in [0.2, 0.25) is 0 Å². The summed E-state index contributed by atoms with van der Waals surface area (Å²) in [5, 5.41) is 10.6. The fraction of sp³-hybridized carbons (Fsp3) is 0.500. The van der Waals surface area contributed by atoms with Crippen LogP contribution in [-0.4, -0.2) is 23.2 Å². The molecular formula is C8H9F3N2O2. The highest BCUT2D eigenvalue weighted by Crippen LogP contribution is 2.42. The third-order valence-corrected chi connectivity index (χ3v) is 2.38. The maximum Gasteiger partial charge on any atom is 0.465 e. The number of rotatable bonds is 2. The summed E-state index contributed by atoms with van der Waals surface area (Å²) in [5.41, 5.74) is 2.04. The number of nitro groups is 1. The molecule has 0 bridgehead atoms. The van der Waals surface area contributed by atoms with Crippen molar-refractivity contribution in [1.29, 1.82) is 0 Å². The molecule has 7 heteroatoms. The Morgan fingerprint density at radius 1 is 1.47 bits per heavy atom. The molecule has 0 heterocycles. The minimum atomic E-state index is -4.96. The van der Waals surface area contributed by atoms with Gasteiger partial charge in [-0.3, -0.25) is 10.1 Å². The van der Waals surface area contributed by atoms with Crippen LogP contribution in [-0.2, 0) is 0 Å². The second kappa shape index (κ2) is 3.65. The molecule has 1 aliphatic carbocycles. The summed E-state index contributed by atoms with van der Waals surface area (Å²) < 4.78 is 38.1. The second-order valence-corrected chi connectivity index (χ2v) is 3.17. The minimum absolute atomic E-state index is 0.429. The van der Waals surface area contributed by atoms with E-state index in [0.29, 0.717) is 6.08 Å². The first-order valence-electron chi connectivity index (χ1n) is 4.13. The Hall–Kier alpha value is -1.37. The van der Waals surface area contributed by atoms with Crippen molar-refractivity contribution in [3.8, 4) is 0 Å².